The molecule has 2 N–H and O–H groups in total. The van der Waals surface area contributed by atoms with E-state index in [1.54, 1.807) is 6.20 Å². The molecular formula is C13H19N5. The van der Waals surface area contributed by atoms with Crippen LogP contribution < -0.4 is 5.73 Å². The van der Waals surface area contributed by atoms with Gasteiger partial charge < -0.3 is 5.73 Å². The summed E-state index contributed by atoms with van der Waals surface area (Å²) in [7, 11) is 0. The minimum atomic E-state index is -0.198. The maximum Gasteiger partial charge on any atom is 0.0742 e. The molecule has 5 nitrogen and oxygen atoms in total. The maximum absolute atomic E-state index is 6.35. The van der Waals surface area contributed by atoms with E-state index in [9.17, 15) is 0 Å². The van der Waals surface area contributed by atoms with Crippen LogP contribution in [0.25, 0.3) is 0 Å². The molecule has 1 atom stereocenters. The van der Waals surface area contributed by atoms with Gasteiger partial charge in [-0.05, 0) is 32.4 Å². The van der Waals surface area contributed by atoms with Crippen LogP contribution >= 0.6 is 0 Å². The molecule has 0 amide bonds. The smallest absolute Gasteiger partial charge is 0.0742 e. The standard InChI is InChI=1S/C13H19N5/c1-4-11-10(8-9(3)16-17-11)13(14)12-6-7-15-18(12)5-2/h6-8,13H,4-5,14H2,1-3H3. The minimum absolute atomic E-state index is 0.198. The molecule has 18 heavy (non-hydrogen) atoms. The van der Waals surface area contributed by atoms with Crippen LogP contribution in [0.2, 0.25) is 0 Å². The highest BCUT2D eigenvalue weighted by Crippen LogP contribution is 2.22. The van der Waals surface area contributed by atoms with Crippen LogP contribution in [0.3, 0.4) is 0 Å². The summed E-state index contributed by atoms with van der Waals surface area (Å²) < 4.78 is 1.92. The predicted molar refractivity (Wildman–Crippen MR) is 70.1 cm³/mol. The second kappa shape index (κ2) is 5.27. The van der Waals surface area contributed by atoms with E-state index in [0.717, 1.165) is 35.6 Å². The predicted octanol–water partition coefficient (Wildman–Crippen LogP) is 1.61. The first-order valence-corrected chi connectivity index (χ1v) is 6.27. The van der Waals surface area contributed by atoms with Gasteiger partial charge in [0.1, 0.15) is 0 Å². The molecule has 2 heterocycles. The molecular weight excluding hydrogens is 226 g/mol. The summed E-state index contributed by atoms with van der Waals surface area (Å²) in [5.74, 6) is 0. The SMILES string of the molecule is CCc1nnc(C)cc1C(N)c1ccnn1CC. The number of hydrogen-bond acceptors (Lipinski definition) is 4. The number of nitrogens with two attached hydrogens (primary N) is 1. The molecule has 96 valence electrons. The van der Waals surface area contributed by atoms with E-state index in [0.29, 0.717) is 0 Å². The lowest BCUT2D eigenvalue weighted by Gasteiger charge is -2.16. The monoisotopic (exact) mass is 245 g/mol. The van der Waals surface area contributed by atoms with Gasteiger partial charge in [-0.15, -0.1) is 0 Å². The summed E-state index contributed by atoms with van der Waals surface area (Å²) in [6.45, 7) is 6.86. The Kier molecular flexibility index (Phi) is 3.72. The van der Waals surface area contributed by atoms with E-state index < -0.39 is 0 Å². The Bertz CT molecular complexity index is 532. The fourth-order valence-electron chi connectivity index (χ4n) is 2.11. The van der Waals surface area contributed by atoms with Gasteiger partial charge in [0.05, 0.1) is 23.1 Å². The molecule has 1 unspecified atom stereocenters. The first-order valence-electron chi connectivity index (χ1n) is 6.27. The topological polar surface area (TPSA) is 69.6 Å². The molecule has 0 radical (unpaired) electrons. The zero-order valence-corrected chi connectivity index (χ0v) is 11.1. The number of rotatable bonds is 4. The van der Waals surface area contributed by atoms with Crippen LogP contribution in [0.4, 0.5) is 0 Å². The van der Waals surface area contributed by atoms with Crippen LogP contribution in [0.5, 0.6) is 0 Å². The third-order valence-electron chi connectivity index (χ3n) is 3.06. The Balaban J connectivity index is 2.45. The van der Waals surface area contributed by atoms with Crippen LogP contribution in [-0.2, 0) is 13.0 Å². The quantitative estimate of drug-likeness (QED) is 0.888. The molecule has 5 heteroatoms. The molecule has 0 saturated heterocycles. The van der Waals surface area contributed by atoms with Gasteiger partial charge in [-0.1, -0.05) is 6.92 Å². The summed E-state index contributed by atoms with van der Waals surface area (Å²) in [4.78, 5) is 0. The number of aryl methyl sites for hydroxylation is 3. The van der Waals surface area contributed by atoms with Gasteiger partial charge in [-0.2, -0.15) is 15.3 Å². The van der Waals surface area contributed by atoms with Crippen molar-refractivity contribution in [1.82, 2.24) is 20.0 Å². The molecule has 0 aliphatic carbocycles. The van der Waals surface area contributed by atoms with Gasteiger partial charge in [0.15, 0.2) is 0 Å². The molecule has 2 aromatic rings. The highest BCUT2D eigenvalue weighted by Gasteiger charge is 2.17. The van der Waals surface area contributed by atoms with Gasteiger partial charge >= 0.3 is 0 Å². The van der Waals surface area contributed by atoms with Gasteiger partial charge in [0, 0.05) is 18.3 Å². The van der Waals surface area contributed by atoms with E-state index in [1.165, 1.54) is 0 Å². The van der Waals surface area contributed by atoms with Crippen molar-refractivity contribution in [2.45, 2.75) is 39.8 Å². The summed E-state index contributed by atoms with van der Waals surface area (Å²) in [5, 5.41) is 12.6. The van der Waals surface area contributed by atoms with E-state index in [2.05, 4.69) is 29.1 Å². The lowest BCUT2D eigenvalue weighted by Crippen LogP contribution is -2.19. The first kappa shape index (κ1) is 12.7. The van der Waals surface area contributed by atoms with Crippen molar-refractivity contribution < 1.29 is 0 Å². The zero-order valence-electron chi connectivity index (χ0n) is 11.1. The highest BCUT2D eigenvalue weighted by atomic mass is 15.3. The molecule has 0 fully saturated rings. The van der Waals surface area contributed by atoms with Crippen LogP contribution in [0, 0.1) is 6.92 Å². The molecule has 0 aliphatic rings. The Morgan fingerprint density at radius 3 is 2.78 bits per heavy atom. The number of aromatic nitrogens is 4. The van der Waals surface area contributed by atoms with Crippen LogP contribution in [0.1, 0.15) is 42.5 Å². The highest BCUT2D eigenvalue weighted by molar-refractivity contribution is 5.31. The van der Waals surface area contributed by atoms with Crippen molar-refractivity contribution in [1.29, 1.82) is 0 Å². The summed E-state index contributed by atoms with van der Waals surface area (Å²) >= 11 is 0. The zero-order chi connectivity index (χ0) is 13.1. The first-order chi connectivity index (χ1) is 8.67. The normalized spacial score (nSPS) is 12.7. The van der Waals surface area contributed by atoms with E-state index in [1.807, 2.05) is 23.7 Å². The lowest BCUT2D eigenvalue weighted by molar-refractivity contribution is 0.597. The van der Waals surface area contributed by atoms with Crippen molar-refractivity contribution in [3.8, 4) is 0 Å². The molecule has 0 bridgehead atoms. The number of nitrogens with zero attached hydrogens (tertiary/aromatic N) is 4. The van der Waals surface area contributed by atoms with Crippen molar-refractivity contribution in [2.24, 2.45) is 5.73 Å². The number of hydrogen-bond donors (Lipinski definition) is 1. The lowest BCUT2D eigenvalue weighted by atomic mass is 10.0. The van der Waals surface area contributed by atoms with E-state index in [4.69, 9.17) is 5.73 Å². The average molecular weight is 245 g/mol. The van der Waals surface area contributed by atoms with Gasteiger partial charge in [-0.3, -0.25) is 4.68 Å². The van der Waals surface area contributed by atoms with E-state index >= 15 is 0 Å². The van der Waals surface area contributed by atoms with Crippen molar-refractivity contribution in [3.63, 3.8) is 0 Å². The van der Waals surface area contributed by atoms with Crippen LogP contribution in [-0.4, -0.2) is 20.0 Å². The average Bonchev–Trinajstić information content (AvgIpc) is 2.86. The third kappa shape index (κ3) is 2.26. The molecule has 0 aliphatic heterocycles. The molecule has 0 spiro atoms. The Labute approximate surface area is 107 Å². The third-order valence-corrected chi connectivity index (χ3v) is 3.06. The van der Waals surface area contributed by atoms with Crippen LogP contribution in [0.15, 0.2) is 18.3 Å². The molecule has 2 aromatic heterocycles. The second-order valence-corrected chi connectivity index (χ2v) is 4.29. The largest absolute Gasteiger partial charge is 0.319 e. The minimum Gasteiger partial charge on any atom is -0.319 e. The molecule has 0 aromatic carbocycles. The Hall–Kier alpha value is -1.75. The van der Waals surface area contributed by atoms with Crippen molar-refractivity contribution in [2.75, 3.05) is 0 Å². The summed E-state index contributed by atoms with van der Waals surface area (Å²) in [6.07, 6.45) is 2.61. The van der Waals surface area contributed by atoms with Crippen molar-refractivity contribution >= 4 is 0 Å². The second-order valence-electron chi connectivity index (χ2n) is 4.29. The Morgan fingerprint density at radius 2 is 2.11 bits per heavy atom. The van der Waals surface area contributed by atoms with Gasteiger partial charge in [-0.25, -0.2) is 0 Å². The van der Waals surface area contributed by atoms with E-state index in [-0.39, 0.29) is 6.04 Å². The Morgan fingerprint density at radius 1 is 1.33 bits per heavy atom. The molecule has 2 rings (SSSR count). The summed E-state index contributed by atoms with van der Waals surface area (Å²) in [6, 6.07) is 3.78. The maximum atomic E-state index is 6.35. The van der Waals surface area contributed by atoms with Gasteiger partial charge in [0.2, 0.25) is 0 Å². The fraction of sp³-hybridized carbons (Fsp3) is 0.462. The van der Waals surface area contributed by atoms with Gasteiger partial charge in [0.25, 0.3) is 0 Å². The summed E-state index contributed by atoms with van der Waals surface area (Å²) in [5.41, 5.74) is 10.3. The molecule has 0 saturated carbocycles. The van der Waals surface area contributed by atoms with Crippen molar-refractivity contribution in [3.05, 3.63) is 41.0 Å². The fourth-order valence-corrected chi connectivity index (χ4v) is 2.11.